The zero-order valence-corrected chi connectivity index (χ0v) is 12.8. The van der Waals surface area contributed by atoms with Crippen LogP contribution in [0.1, 0.15) is 42.5 Å². The van der Waals surface area contributed by atoms with Crippen LogP contribution in [0.4, 0.5) is 4.79 Å². The highest BCUT2D eigenvalue weighted by atomic mass is 16.2. The number of nitrogens with two attached hydrogens (primary N) is 1. The van der Waals surface area contributed by atoms with E-state index in [4.69, 9.17) is 5.73 Å². The number of urea groups is 1. The number of hydrogen-bond acceptors (Lipinski definition) is 3. The van der Waals surface area contributed by atoms with Crippen LogP contribution in [-0.2, 0) is 4.79 Å². The Bertz CT molecular complexity index is 556. The van der Waals surface area contributed by atoms with Gasteiger partial charge in [-0.15, -0.1) is 0 Å². The predicted octanol–water partition coefficient (Wildman–Crippen LogP) is 2.02. The first-order valence-electron chi connectivity index (χ1n) is 7.38. The number of imide groups is 1. The van der Waals surface area contributed by atoms with Crippen LogP contribution < -0.4 is 11.1 Å². The third kappa shape index (κ3) is 3.24. The molecular weight excluding hydrogens is 266 g/mol. The Hall–Kier alpha value is -1.88. The van der Waals surface area contributed by atoms with Crippen molar-refractivity contribution in [3.63, 3.8) is 0 Å². The molecule has 0 spiro atoms. The first-order chi connectivity index (χ1) is 9.93. The molecule has 1 aromatic carbocycles. The predicted molar refractivity (Wildman–Crippen MR) is 81.8 cm³/mol. The number of aryl methyl sites for hydroxylation is 2. The maximum Gasteiger partial charge on any atom is 0.324 e. The molecule has 2 rings (SSSR count). The second-order valence-electron chi connectivity index (χ2n) is 5.69. The van der Waals surface area contributed by atoms with Gasteiger partial charge < -0.3 is 11.1 Å². The van der Waals surface area contributed by atoms with Crippen molar-refractivity contribution in [1.29, 1.82) is 0 Å². The van der Waals surface area contributed by atoms with Gasteiger partial charge in [-0.3, -0.25) is 9.69 Å². The van der Waals surface area contributed by atoms with Gasteiger partial charge >= 0.3 is 6.03 Å². The van der Waals surface area contributed by atoms with Crippen molar-refractivity contribution in [3.05, 3.63) is 34.9 Å². The number of carbonyl (C=O) groups is 2. The third-order valence-corrected chi connectivity index (χ3v) is 4.02. The molecule has 0 bridgehead atoms. The molecule has 2 unspecified atom stereocenters. The third-order valence-electron chi connectivity index (χ3n) is 4.02. The van der Waals surface area contributed by atoms with Gasteiger partial charge in [-0.2, -0.15) is 0 Å². The van der Waals surface area contributed by atoms with Crippen molar-refractivity contribution >= 4 is 11.9 Å². The fraction of sp³-hybridized carbons (Fsp3) is 0.500. The topological polar surface area (TPSA) is 75.4 Å². The lowest BCUT2D eigenvalue weighted by molar-refractivity contribution is -0.127. The first kappa shape index (κ1) is 15.5. The summed E-state index contributed by atoms with van der Waals surface area (Å²) in [6, 6.07) is 4.89. The average Bonchev–Trinajstić information content (AvgIpc) is 2.70. The SMILES string of the molecule is CCCC1NC(=O)N(CC(N)c2ccc(C)c(C)c2)C1=O. The molecule has 114 valence electrons. The number of amides is 3. The number of hydrogen-bond donors (Lipinski definition) is 2. The second kappa shape index (κ2) is 6.26. The number of nitrogens with zero attached hydrogens (tertiary/aromatic N) is 1. The van der Waals surface area contributed by atoms with Gasteiger partial charge in [-0.1, -0.05) is 31.5 Å². The highest BCUT2D eigenvalue weighted by Crippen LogP contribution is 2.19. The Kier molecular flexibility index (Phi) is 4.63. The van der Waals surface area contributed by atoms with Gasteiger partial charge in [0, 0.05) is 12.6 Å². The molecular formula is C16H23N3O2. The van der Waals surface area contributed by atoms with Crippen LogP contribution in [-0.4, -0.2) is 29.4 Å². The summed E-state index contributed by atoms with van der Waals surface area (Å²) in [5, 5.41) is 2.71. The highest BCUT2D eigenvalue weighted by Gasteiger charge is 2.37. The molecule has 3 amide bonds. The quantitative estimate of drug-likeness (QED) is 0.814. The maximum absolute atomic E-state index is 12.2. The van der Waals surface area contributed by atoms with Crippen LogP contribution in [0.5, 0.6) is 0 Å². The van der Waals surface area contributed by atoms with Crippen LogP contribution in [0.2, 0.25) is 0 Å². The van der Waals surface area contributed by atoms with E-state index in [0.717, 1.165) is 17.5 Å². The van der Waals surface area contributed by atoms with Crippen molar-refractivity contribution < 1.29 is 9.59 Å². The lowest BCUT2D eigenvalue weighted by Gasteiger charge is -2.19. The van der Waals surface area contributed by atoms with E-state index in [1.807, 2.05) is 39.0 Å². The molecule has 1 heterocycles. The smallest absolute Gasteiger partial charge is 0.324 e. The molecule has 0 radical (unpaired) electrons. The number of benzene rings is 1. The zero-order chi connectivity index (χ0) is 15.6. The Morgan fingerprint density at radius 3 is 2.62 bits per heavy atom. The molecule has 2 atom stereocenters. The van der Waals surface area contributed by atoms with E-state index in [1.54, 1.807) is 0 Å². The van der Waals surface area contributed by atoms with Crippen molar-refractivity contribution in [3.8, 4) is 0 Å². The van der Waals surface area contributed by atoms with Gasteiger partial charge in [0.05, 0.1) is 0 Å². The summed E-state index contributed by atoms with van der Waals surface area (Å²) in [6.07, 6.45) is 1.52. The van der Waals surface area contributed by atoms with Crippen molar-refractivity contribution in [1.82, 2.24) is 10.2 Å². The van der Waals surface area contributed by atoms with E-state index < -0.39 is 6.04 Å². The summed E-state index contributed by atoms with van der Waals surface area (Å²) in [5.74, 6) is -0.166. The average molecular weight is 289 g/mol. The first-order valence-corrected chi connectivity index (χ1v) is 7.38. The standard InChI is InChI=1S/C16H23N3O2/c1-4-5-14-15(20)19(16(21)18-14)9-13(17)12-7-6-10(2)11(3)8-12/h6-8,13-14H,4-5,9,17H2,1-3H3,(H,18,21). The number of nitrogens with one attached hydrogen (secondary N) is 1. The summed E-state index contributed by atoms with van der Waals surface area (Å²) in [4.78, 5) is 25.3. The summed E-state index contributed by atoms with van der Waals surface area (Å²) >= 11 is 0. The Morgan fingerprint density at radius 1 is 1.29 bits per heavy atom. The van der Waals surface area contributed by atoms with Crippen molar-refractivity contribution in [2.45, 2.75) is 45.7 Å². The molecule has 1 aromatic rings. The van der Waals surface area contributed by atoms with E-state index in [-0.39, 0.29) is 24.5 Å². The molecule has 0 aromatic heterocycles. The molecule has 1 saturated heterocycles. The van der Waals surface area contributed by atoms with E-state index in [1.165, 1.54) is 10.5 Å². The molecule has 0 aliphatic carbocycles. The minimum Gasteiger partial charge on any atom is -0.326 e. The monoisotopic (exact) mass is 289 g/mol. The highest BCUT2D eigenvalue weighted by molar-refractivity contribution is 6.04. The van der Waals surface area contributed by atoms with E-state index in [9.17, 15) is 9.59 Å². The Balaban J connectivity index is 2.08. The summed E-state index contributed by atoms with van der Waals surface area (Å²) in [5.41, 5.74) is 9.46. The van der Waals surface area contributed by atoms with Gasteiger partial charge in [0.15, 0.2) is 0 Å². The van der Waals surface area contributed by atoms with Crippen molar-refractivity contribution in [2.24, 2.45) is 5.73 Å². The number of rotatable bonds is 5. The largest absolute Gasteiger partial charge is 0.326 e. The fourth-order valence-corrected chi connectivity index (χ4v) is 2.53. The van der Waals surface area contributed by atoms with Crippen LogP contribution in [0.3, 0.4) is 0 Å². The van der Waals surface area contributed by atoms with E-state index in [2.05, 4.69) is 5.32 Å². The van der Waals surface area contributed by atoms with Crippen molar-refractivity contribution in [2.75, 3.05) is 6.54 Å². The summed E-state index contributed by atoms with van der Waals surface area (Å²) in [6.45, 7) is 6.27. The molecule has 21 heavy (non-hydrogen) atoms. The Labute approximate surface area is 125 Å². The van der Waals surface area contributed by atoms with Crippen LogP contribution in [0.25, 0.3) is 0 Å². The fourth-order valence-electron chi connectivity index (χ4n) is 2.53. The lowest BCUT2D eigenvalue weighted by atomic mass is 10.0. The summed E-state index contributed by atoms with van der Waals surface area (Å²) in [7, 11) is 0. The van der Waals surface area contributed by atoms with Gasteiger partial charge in [0.25, 0.3) is 5.91 Å². The zero-order valence-electron chi connectivity index (χ0n) is 12.8. The van der Waals surface area contributed by atoms with Crippen LogP contribution >= 0.6 is 0 Å². The molecule has 5 nitrogen and oxygen atoms in total. The van der Waals surface area contributed by atoms with E-state index in [0.29, 0.717) is 6.42 Å². The minimum atomic E-state index is -0.394. The molecule has 1 aliphatic rings. The lowest BCUT2D eigenvalue weighted by Crippen LogP contribution is -2.37. The van der Waals surface area contributed by atoms with Gasteiger partial charge in [-0.25, -0.2) is 4.79 Å². The molecule has 1 aliphatic heterocycles. The number of carbonyl (C=O) groups excluding carboxylic acids is 2. The molecule has 3 N–H and O–H groups in total. The van der Waals surface area contributed by atoms with Gasteiger partial charge in [-0.05, 0) is 37.0 Å². The van der Waals surface area contributed by atoms with Crippen LogP contribution in [0, 0.1) is 13.8 Å². The molecule has 0 saturated carbocycles. The minimum absolute atomic E-state index is 0.166. The molecule has 1 fully saturated rings. The Morgan fingerprint density at radius 2 is 2.00 bits per heavy atom. The maximum atomic E-state index is 12.2. The normalized spacial score (nSPS) is 19.8. The second-order valence-corrected chi connectivity index (χ2v) is 5.69. The van der Waals surface area contributed by atoms with Gasteiger partial charge in [0.1, 0.15) is 6.04 Å². The summed E-state index contributed by atoms with van der Waals surface area (Å²) < 4.78 is 0. The van der Waals surface area contributed by atoms with Gasteiger partial charge in [0.2, 0.25) is 0 Å². The molecule has 5 heteroatoms. The van der Waals surface area contributed by atoms with Crippen LogP contribution in [0.15, 0.2) is 18.2 Å². The van der Waals surface area contributed by atoms with E-state index >= 15 is 0 Å².